The van der Waals surface area contributed by atoms with E-state index in [9.17, 15) is 9.59 Å². The third-order valence-electron chi connectivity index (χ3n) is 1.53. The van der Waals surface area contributed by atoms with Crippen LogP contribution in [0.15, 0.2) is 0 Å². The van der Waals surface area contributed by atoms with Crippen molar-refractivity contribution in [2.45, 2.75) is 19.8 Å². The minimum absolute atomic E-state index is 0.147. The Morgan fingerprint density at radius 1 is 1.40 bits per heavy atom. The van der Waals surface area contributed by atoms with Crippen LogP contribution in [-0.2, 0) is 9.53 Å². The van der Waals surface area contributed by atoms with Crippen LogP contribution in [0, 0.1) is 0 Å². The van der Waals surface area contributed by atoms with Crippen LogP contribution in [0.2, 0.25) is 0 Å². The maximum absolute atomic E-state index is 11.0. The van der Waals surface area contributed by atoms with Crippen molar-refractivity contribution in [3.05, 3.63) is 0 Å². The second kappa shape index (κ2) is 9.73. The second-order valence-corrected chi connectivity index (χ2v) is 3.17. The number of amides is 3. The van der Waals surface area contributed by atoms with Gasteiger partial charge in [0.25, 0.3) is 0 Å². The van der Waals surface area contributed by atoms with E-state index in [2.05, 4.69) is 10.6 Å². The van der Waals surface area contributed by atoms with Crippen LogP contribution in [0.3, 0.4) is 0 Å². The molecule has 88 valence electrons. The number of alkyl halides is 1. The average Bonchev–Trinajstić information content (AvgIpc) is 2.17. The highest BCUT2D eigenvalue weighted by atomic mass is 35.5. The zero-order valence-electron chi connectivity index (χ0n) is 8.85. The van der Waals surface area contributed by atoms with Gasteiger partial charge in [0.05, 0.1) is 0 Å². The van der Waals surface area contributed by atoms with Crippen LogP contribution in [0.1, 0.15) is 19.8 Å². The summed E-state index contributed by atoms with van der Waals surface area (Å²) in [5.41, 5.74) is 0. The molecule has 0 aromatic heterocycles. The van der Waals surface area contributed by atoms with Crippen LogP contribution in [0.25, 0.3) is 0 Å². The molecule has 0 aliphatic heterocycles. The van der Waals surface area contributed by atoms with Crippen LogP contribution in [-0.4, -0.2) is 37.6 Å². The Hall–Kier alpha value is -0.810. The normalized spacial score (nSPS) is 9.73. The Bertz CT molecular complexity index is 200. The van der Waals surface area contributed by atoms with E-state index >= 15 is 0 Å². The molecular formula is C9H17ClN2O3. The molecule has 0 aliphatic carbocycles. The summed E-state index contributed by atoms with van der Waals surface area (Å²) >= 11 is 5.33. The molecule has 3 amide bonds. The molecule has 0 atom stereocenters. The fourth-order valence-electron chi connectivity index (χ4n) is 0.840. The van der Waals surface area contributed by atoms with E-state index in [0.717, 1.165) is 6.42 Å². The first kappa shape index (κ1) is 14.2. The van der Waals surface area contributed by atoms with Gasteiger partial charge < -0.3 is 10.1 Å². The van der Waals surface area contributed by atoms with Crippen LogP contribution in [0.5, 0.6) is 0 Å². The van der Waals surface area contributed by atoms with E-state index in [0.29, 0.717) is 19.8 Å². The maximum Gasteiger partial charge on any atom is 0.321 e. The first-order valence-corrected chi connectivity index (χ1v) is 5.45. The summed E-state index contributed by atoms with van der Waals surface area (Å²) < 4.78 is 5.08. The predicted octanol–water partition coefficient (Wildman–Crippen LogP) is 0.868. The standard InChI is InChI=1S/C9H17ClN2O3/c1-2-15-7-3-6-11-9(14)12-8(13)4-5-10/h2-7H2,1H3,(H2,11,12,13,14). The van der Waals surface area contributed by atoms with Gasteiger partial charge in [-0.3, -0.25) is 10.1 Å². The molecule has 15 heavy (non-hydrogen) atoms. The van der Waals surface area contributed by atoms with Gasteiger partial charge in [-0.2, -0.15) is 0 Å². The lowest BCUT2D eigenvalue weighted by molar-refractivity contribution is -0.119. The molecule has 0 fully saturated rings. The number of urea groups is 1. The predicted molar refractivity (Wildman–Crippen MR) is 58.0 cm³/mol. The lowest BCUT2D eigenvalue weighted by Crippen LogP contribution is -2.40. The van der Waals surface area contributed by atoms with Crippen molar-refractivity contribution >= 4 is 23.5 Å². The fourth-order valence-corrected chi connectivity index (χ4v) is 1.01. The van der Waals surface area contributed by atoms with Gasteiger partial charge in [0, 0.05) is 32.1 Å². The molecule has 0 saturated carbocycles. The number of imide groups is 1. The SMILES string of the molecule is CCOCCCNC(=O)NC(=O)CCCl. The molecule has 0 radical (unpaired) electrons. The average molecular weight is 237 g/mol. The Morgan fingerprint density at radius 3 is 2.73 bits per heavy atom. The van der Waals surface area contributed by atoms with E-state index < -0.39 is 6.03 Å². The lowest BCUT2D eigenvalue weighted by Gasteiger charge is -2.05. The molecule has 0 bridgehead atoms. The minimum atomic E-state index is -0.485. The van der Waals surface area contributed by atoms with Gasteiger partial charge in [0.2, 0.25) is 5.91 Å². The third-order valence-corrected chi connectivity index (χ3v) is 1.72. The van der Waals surface area contributed by atoms with E-state index in [4.69, 9.17) is 16.3 Å². The molecule has 0 aromatic rings. The molecule has 0 aliphatic rings. The van der Waals surface area contributed by atoms with Gasteiger partial charge in [-0.25, -0.2) is 4.79 Å². The first-order chi connectivity index (χ1) is 7.20. The molecule has 0 rings (SSSR count). The summed E-state index contributed by atoms with van der Waals surface area (Å²) in [5.74, 6) is -0.156. The monoisotopic (exact) mass is 236 g/mol. The molecule has 0 spiro atoms. The summed E-state index contributed by atoms with van der Waals surface area (Å²) in [6.07, 6.45) is 0.874. The van der Waals surface area contributed by atoms with Gasteiger partial charge >= 0.3 is 6.03 Å². The van der Waals surface area contributed by atoms with Gasteiger partial charge in [-0.15, -0.1) is 11.6 Å². The molecule has 0 aromatic carbocycles. The van der Waals surface area contributed by atoms with E-state index in [-0.39, 0.29) is 18.2 Å². The number of hydrogen-bond acceptors (Lipinski definition) is 3. The summed E-state index contributed by atoms with van der Waals surface area (Å²) in [6, 6.07) is -0.485. The third kappa shape index (κ3) is 9.49. The molecule has 0 saturated heterocycles. The zero-order valence-corrected chi connectivity index (χ0v) is 9.60. The Morgan fingerprint density at radius 2 is 2.13 bits per heavy atom. The first-order valence-electron chi connectivity index (χ1n) is 4.92. The summed E-state index contributed by atoms with van der Waals surface area (Å²) in [7, 11) is 0. The summed E-state index contributed by atoms with van der Waals surface area (Å²) in [5, 5.41) is 4.69. The number of nitrogens with one attached hydrogen (secondary N) is 2. The molecule has 6 heteroatoms. The van der Waals surface area contributed by atoms with E-state index in [1.165, 1.54) is 0 Å². The Labute approximate surface area is 94.5 Å². The van der Waals surface area contributed by atoms with Crippen LogP contribution in [0.4, 0.5) is 4.79 Å². The van der Waals surface area contributed by atoms with Crippen molar-refractivity contribution < 1.29 is 14.3 Å². The Balaban J connectivity index is 3.37. The van der Waals surface area contributed by atoms with Crippen molar-refractivity contribution in [1.82, 2.24) is 10.6 Å². The highest BCUT2D eigenvalue weighted by Gasteiger charge is 2.05. The lowest BCUT2D eigenvalue weighted by atomic mass is 10.4. The number of hydrogen-bond donors (Lipinski definition) is 2. The van der Waals surface area contributed by atoms with Crippen molar-refractivity contribution in [3.8, 4) is 0 Å². The van der Waals surface area contributed by atoms with Crippen LogP contribution < -0.4 is 10.6 Å². The van der Waals surface area contributed by atoms with Gasteiger partial charge in [-0.1, -0.05) is 0 Å². The summed E-state index contributed by atoms with van der Waals surface area (Å²) in [4.78, 5) is 21.9. The molecule has 0 heterocycles. The number of ether oxygens (including phenoxy) is 1. The van der Waals surface area contributed by atoms with Gasteiger partial charge in [0.1, 0.15) is 0 Å². The van der Waals surface area contributed by atoms with E-state index in [1.54, 1.807) is 0 Å². The highest BCUT2D eigenvalue weighted by Crippen LogP contribution is 1.84. The van der Waals surface area contributed by atoms with Crippen molar-refractivity contribution in [2.24, 2.45) is 0 Å². The molecule has 5 nitrogen and oxygen atoms in total. The van der Waals surface area contributed by atoms with Crippen molar-refractivity contribution in [1.29, 1.82) is 0 Å². The fraction of sp³-hybridized carbons (Fsp3) is 0.778. The van der Waals surface area contributed by atoms with Gasteiger partial charge in [0.15, 0.2) is 0 Å². The Kier molecular flexibility index (Phi) is 9.21. The largest absolute Gasteiger partial charge is 0.382 e. The smallest absolute Gasteiger partial charge is 0.321 e. The van der Waals surface area contributed by atoms with Crippen molar-refractivity contribution in [3.63, 3.8) is 0 Å². The topological polar surface area (TPSA) is 67.4 Å². The number of rotatable bonds is 7. The molecule has 0 unspecified atom stereocenters. The number of carbonyl (C=O) groups is 2. The quantitative estimate of drug-likeness (QED) is 0.509. The zero-order chi connectivity index (χ0) is 11.5. The highest BCUT2D eigenvalue weighted by molar-refractivity contribution is 6.19. The minimum Gasteiger partial charge on any atom is -0.382 e. The molecule has 2 N–H and O–H groups in total. The van der Waals surface area contributed by atoms with Gasteiger partial charge in [-0.05, 0) is 13.3 Å². The number of carbonyl (C=O) groups excluding carboxylic acids is 2. The van der Waals surface area contributed by atoms with Crippen molar-refractivity contribution in [2.75, 3.05) is 25.6 Å². The maximum atomic E-state index is 11.0. The summed E-state index contributed by atoms with van der Waals surface area (Å²) in [6.45, 7) is 3.66. The van der Waals surface area contributed by atoms with E-state index in [1.807, 2.05) is 6.92 Å². The molecular weight excluding hydrogens is 220 g/mol. The van der Waals surface area contributed by atoms with Crippen LogP contribution >= 0.6 is 11.6 Å². The second-order valence-electron chi connectivity index (χ2n) is 2.79. The number of halogens is 1.